The lowest BCUT2D eigenvalue weighted by Gasteiger charge is -2.09. The minimum Gasteiger partial charge on any atom is -0.496 e. The standard InChI is InChI=1S/C13H15ClN4O2/c1-8-11(14)7-18(16-8)6-9-3-4-12(20-2)10(5-9)13(15)17-19/h3-5,7,19H,6H2,1-2H3,(H2,15,17). The molecule has 20 heavy (non-hydrogen) atoms. The van der Waals surface area contributed by atoms with Crippen molar-refractivity contribution in [2.75, 3.05) is 7.11 Å². The molecular formula is C13H15ClN4O2. The molecule has 0 aliphatic heterocycles. The molecule has 0 atom stereocenters. The molecule has 6 nitrogen and oxygen atoms in total. The van der Waals surface area contributed by atoms with Gasteiger partial charge in [-0.05, 0) is 24.6 Å². The Morgan fingerprint density at radius 2 is 2.30 bits per heavy atom. The Kier molecular flexibility index (Phi) is 4.14. The van der Waals surface area contributed by atoms with E-state index in [0.717, 1.165) is 11.3 Å². The van der Waals surface area contributed by atoms with Gasteiger partial charge in [0.25, 0.3) is 0 Å². The first-order valence-corrected chi connectivity index (χ1v) is 6.27. The van der Waals surface area contributed by atoms with Crippen molar-refractivity contribution in [1.82, 2.24) is 9.78 Å². The molecule has 0 saturated carbocycles. The lowest BCUT2D eigenvalue weighted by molar-refractivity contribution is 0.318. The van der Waals surface area contributed by atoms with Crippen molar-refractivity contribution in [3.63, 3.8) is 0 Å². The van der Waals surface area contributed by atoms with Gasteiger partial charge in [0.1, 0.15) is 5.75 Å². The molecule has 0 radical (unpaired) electrons. The fourth-order valence-electron chi connectivity index (χ4n) is 1.87. The third kappa shape index (κ3) is 2.85. The highest BCUT2D eigenvalue weighted by Gasteiger charge is 2.10. The van der Waals surface area contributed by atoms with E-state index in [1.165, 1.54) is 7.11 Å². The van der Waals surface area contributed by atoms with Crippen molar-refractivity contribution in [3.05, 3.63) is 46.2 Å². The summed E-state index contributed by atoms with van der Waals surface area (Å²) in [5.41, 5.74) is 7.88. The van der Waals surface area contributed by atoms with E-state index in [9.17, 15) is 0 Å². The number of nitrogens with zero attached hydrogens (tertiary/aromatic N) is 3. The monoisotopic (exact) mass is 294 g/mol. The molecule has 0 aliphatic rings. The third-order valence-corrected chi connectivity index (χ3v) is 3.25. The lowest BCUT2D eigenvalue weighted by atomic mass is 10.1. The molecule has 0 amide bonds. The van der Waals surface area contributed by atoms with Crippen LogP contribution in [0.15, 0.2) is 29.6 Å². The molecule has 0 unspecified atom stereocenters. The molecular weight excluding hydrogens is 280 g/mol. The second kappa shape index (κ2) is 5.83. The Bertz CT molecular complexity index is 632. The number of oxime groups is 1. The Morgan fingerprint density at radius 3 is 2.85 bits per heavy atom. The maximum absolute atomic E-state index is 8.80. The quantitative estimate of drug-likeness (QED) is 0.391. The molecule has 0 aliphatic carbocycles. The van der Waals surface area contributed by atoms with Gasteiger partial charge < -0.3 is 15.7 Å². The topological polar surface area (TPSA) is 85.7 Å². The predicted octanol–water partition coefficient (Wildman–Crippen LogP) is 2.00. The van der Waals surface area contributed by atoms with Crippen molar-refractivity contribution < 1.29 is 9.94 Å². The van der Waals surface area contributed by atoms with Crippen LogP contribution in [0.2, 0.25) is 5.02 Å². The zero-order chi connectivity index (χ0) is 14.7. The number of aryl methyl sites for hydroxylation is 1. The molecule has 2 rings (SSSR count). The number of hydrogen-bond donors (Lipinski definition) is 2. The molecule has 2 aromatic rings. The minimum atomic E-state index is -0.00150. The first kappa shape index (κ1) is 14.2. The number of rotatable bonds is 4. The number of benzene rings is 1. The van der Waals surface area contributed by atoms with Crippen LogP contribution in [0.25, 0.3) is 0 Å². The molecule has 0 fully saturated rings. The van der Waals surface area contributed by atoms with Crippen LogP contribution in [-0.4, -0.2) is 27.9 Å². The average molecular weight is 295 g/mol. The lowest BCUT2D eigenvalue weighted by Crippen LogP contribution is -2.15. The predicted molar refractivity (Wildman–Crippen MR) is 76.6 cm³/mol. The van der Waals surface area contributed by atoms with E-state index in [2.05, 4.69) is 10.3 Å². The van der Waals surface area contributed by atoms with Crippen molar-refractivity contribution in [3.8, 4) is 5.75 Å². The number of ether oxygens (including phenoxy) is 1. The average Bonchev–Trinajstić information content (AvgIpc) is 2.76. The Hall–Kier alpha value is -2.21. The van der Waals surface area contributed by atoms with Gasteiger partial charge in [-0.25, -0.2) is 0 Å². The highest BCUT2D eigenvalue weighted by molar-refractivity contribution is 6.31. The number of halogens is 1. The summed E-state index contributed by atoms with van der Waals surface area (Å²) in [5.74, 6) is 0.539. The SMILES string of the molecule is COc1ccc(Cn2cc(Cl)c(C)n2)cc1C(N)=NO. The molecule has 106 valence electrons. The fraction of sp³-hybridized carbons (Fsp3) is 0.231. The van der Waals surface area contributed by atoms with Crippen molar-refractivity contribution >= 4 is 17.4 Å². The van der Waals surface area contributed by atoms with Gasteiger partial charge in [-0.15, -0.1) is 0 Å². The van der Waals surface area contributed by atoms with Gasteiger partial charge in [-0.1, -0.05) is 22.8 Å². The van der Waals surface area contributed by atoms with E-state index < -0.39 is 0 Å². The van der Waals surface area contributed by atoms with E-state index >= 15 is 0 Å². The van der Waals surface area contributed by atoms with Gasteiger partial charge in [-0.3, -0.25) is 4.68 Å². The molecule has 3 N–H and O–H groups in total. The van der Waals surface area contributed by atoms with Gasteiger partial charge in [0.05, 0.1) is 29.9 Å². The van der Waals surface area contributed by atoms with E-state index in [1.807, 2.05) is 13.0 Å². The molecule has 0 bridgehead atoms. The highest BCUT2D eigenvalue weighted by Crippen LogP contribution is 2.21. The number of nitrogens with two attached hydrogens (primary N) is 1. The first-order valence-electron chi connectivity index (χ1n) is 5.89. The van der Waals surface area contributed by atoms with Crippen molar-refractivity contribution in [2.24, 2.45) is 10.9 Å². The van der Waals surface area contributed by atoms with E-state index in [-0.39, 0.29) is 5.84 Å². The van der Waals surface area contributed by atoms with Crippen LogP contribution >= 0.6 is 11.6 Å². The summed E-state index contributed by atoms with van der Waals surface area (Å²) in [6, 6.07) is 5.44. The molecule has 7 heteroatoms. The summed E-state index contributed by atoms with van der Waals surface area (Å²) in [6.45, 7) is 2.37. The molecule has 1 aromatic heterocycles. The van der Waals surface area contributed by atoms with Crippen LogP contribution in [0.1, 0.15) is 16.8 Å². The largest absolute Gasteiger partial charge is 0.496 e. The van der Waals surface area contributed by atoms with Gasteiger partial charge in [0.2, 0.25) is 0 Å². The fourth-order valence-corrected chi connectivity index (χ4v) is 2.02. The van der Waals surface area contributed by atoms with Gasteiger partial charge in [-0.2, -0.15) is 5.10 Å². The summed E-state index contributed by atoms with van der Waals surface area (Å²) in [6.07, 6.45) is 1.75. The maximum Gasteiger partial charge on any atom is 0.173 e. The van der Waals surface area contributed by atoms with Crippen LogP contribution in [0.4, 0.5) is 0 Å². The van der Waals surface area contributed by atoms with Gasteiger partial charge in [0.15, 0.2) is 5.84 Å². The van der Waals surface area contributed by atoms with E-state index in [0.29, 0.717) is 22.9 Å². The first-order chi connectivity index (χ1) is 9.55. The zero-order valence-corrected chi connectivity index (χ0v) is 11.9. The second-order valence-corrected chi connectivity index (χ2v) is 4.69. The van der Waals surface area contributed by atoms with Gasteiger partial charge in [0, 0.05) is 6.20 Å². The Morgan fingerprint density at radius 1 is 1.55 bits per heavy atom. The maximum atomic E-state index is 8.80. The number of methoxy groups -OCH3 is 1. The number of hydrogen-bond acceptors (Lipinski definition) is 4. The van der Waals surface area contributed by atoms with Crippen LogP contribution in [0.3, 0.4) is 0 Å². The summed E-state index contributed by atoms with van der Waals surface area (Å²) in [7, 11) is 1.53. The summed E-state index contributed by atoms with van der Waals surface area (Å²) in [5, 5.41) is 16.7. The van der Waals surface area contributed by atoms with Crippen molar-refractivity contribution in [2.45, 2.75) is 13.5 Å². The van der Waals surface area contributed by atoms with Crippen LogP contribution in [0.5, 0.6) is 5.75 Å². The van der Waals surface area contributed by atoms with Crippen LogP contribution < -0.4 is 10.5 Å². The normalized spacial score (nSPS) is 11.7. The van der Waals surface area contributed by atoms with Crippen LogP contribution in [0, 0.1) is 6.92 Å². The number of amidine groups is 1. The number of aromatic nitrogens is 2. The van der Waals surface area contributed by atoms with E-state index in [1.54, 1.807) is 23.0 Å². The third-order valence-electron chi connectivity index (χ3n) is 2.88. The zero-order valence-electron chi connectivity index (χ0n) is 11.2. The van der Waals surface area contributed by atoms with E-state index in [4.69, 9.17) is 27.3 Å². The Labute approximate surface area is 121 Å². The molecule has 1 heterocycles. The summed E-state index contributed by atoms with van der Waals surface area (Å²) < 4.78 is 6.91. The Balaban J connectivity index is 2.33. The van der Waals surface area contributed by atoms with Gasteiger partial charge >= 0.3 is 0 Å². The molecule has 0 saturated heterocycles. The summed E-state index contributed by atoms with van der Waals surface area (Å²) in [4.78, 5) is 0. The van der Waals surface area contributed by atoms with Crippen LogP contribution in [-0.2, 0) is 6.54 Å². The summed E-state index contributed by atoms with van der Waals surface area (Å²) >= 11 is 5.97. The molecule has 1 aromatic carbocycles. The highest BCUT2D eigenvalue weighted by atomic mass is 35.5. The smallest absolute Gasteiger partial charge is 0.173 e. The molecule has 0 spiro atoms. The second-order valence-electron chi connectivity index (χ2n) is 4.28. The van der Waals surface area contributed by atoms with Crippen molar-refractivity contribution in [1.29, 1.82) is 0 Å². The minimum absolute atomic E-state index is 0.00150.